The van der Waals surface area contributed by atoms with Gasteiger partial charge in [0.05, 0.1) is 21.3 Å². The van der Waals surface area contributed by atoms with E-state index in [0.717, 1.165) is 34.0 Å². The second-order valence-corrected chi connectivity index (χ2v) is 8.92. The van der Waals surface area contributed by atoms with Gasteiger partial charge in [0.2, 0.25) is 5.28 Å². The van der Waals surface area contributed by atoms with Gasteiger partial charge in [-0.3, -0.25) is 0 Å². The maximum Gasteiger partial charge on any atom is 0.222 e. The van der Waals surface area contributed by atoms with E-state index >= 15 is 0 Å². The molecule has 5 nitrogen and oxygen atoms in total. The van der Waals surface area contributed by atoms with Crippen LogP contribution in [0.15, 0.2) is 59.6 Å². The number of aryl methyl sites for hydroxylation is 1. The number of anilines is 1. The van der Waals surface area contributed by atoms with E-state index in [4.69, 9.17) is 16.6 Å². The fourth-order valence-electron chi connectivity index (χ4n) is 2.89. The van der Waals surface area contributed by atoms with Crippen LogP contribution in [0.2, 0.25) is 5.28 Å². The quantitative estimate of drug-likeness (QED) is 0.352. The molecule has 0 aliphatic carbocycles. The van der Waals surface area contributed by atoms with E-state index in [9.17, 15) is 13.0 Å². The average molecular weight is 477 g/mol. The summed E-state index contributed by atoms with van der Waals surface area (Å²) in [6, 6.07) is 12.1. The van der Waals surface area contributed by atoms with Gasteiger partial charge in [-0.2, -0.15) is 0 Å². The minimum Gasteiger partial charge on any atom is -0.301 e. The Kier molecular flexibility index (Phi) is 6.35. The molecule has 0 aliphatic heterocycles. The number of benzene rings is 2. The summed E-state index contributed by atoms with van der Waals surface area (Å²) in [4.78, 5) is 13.2. The van der Waals surface area contributed by atoms with Gasteiger partial charge >= 0.3 is 0 Å². The van der Waals surface area contributed by atoms with Crippen LogP contribution in [-0.4, -0.2) is 19.2 Å². The summed E-state index contributed by atoms with van der Waals surface area (Å²) in [6.45, 7) is 2.00. The lowest BCUT2D eigenvalue weighted by atomic mass is 10.1. The maximum atomic E-state index is 14.0. The molecule has 0 aliphatic rings. The maximum absolute atomic E-state index is 14.0. The van der Waals surface area contributed by atoms with Crippen molar-refractivity contribution >= 4 is 39.6 Å². The normalized spacial score (nSPS) is 12.0. The highest BCUT2D eigenvalue weighted by Gasteiger charge is 2.18. The van der Waals surface area contributed by atoms with E-state index in [1.807, 2.05) is 13.0 Å². The van der Waals surface area contributed by atoms with Crippen molar-refractivity contribution in [3.05, 3.63) is 76.7 Å². The molecule has 31 heavy (non-hydrogen) atoms. The van der Waals surface area contributed by atoms with Crippen molar-refractivity contribution in [2.45, 2.75) is 18.2 Å². The average Bonchev–Trinajstić information content (AvgIpc) is 3.18. The molecular formula is C21H15ClF2N4OS2. The largest absolute Gasteiger partial charge is 0.301 e. The molecule has 0 fully saturated rings. The molecule has 1 unspecified atom stereocenters. The molecule has 1 N–H and O–H groups in total. The van der Waals surface area contributed by atoms with Crippen LogP contribution in [0.3, 0.4) is 0 Å². The number of hydrogen-bond acceptors (Lipinski definition) is 5. The van der Waals surface area contributed by atoms with Crippen molar-refractivity contribution in [3.8, 4) is 21.8 Å². The summed E-state index contributed by atoms with van der Waals surface area (Å²) in [5, 5.41) is 1.04. The first-order valence-corrected chi connectivity index (χ1v) is 11.5. The summed E-state index contributed by atoms with van der Waals surface area (Å²) in [5.41, 5.74) is 2.48. The molecule has 10 heteroatoms. The summed E-state index contributed by atoms with van der Waals surface area (Å²) in [6.07, 6.45) is 2.31. The Hall–Kier alpha value is -2.75. The molecule has 0 saturated carbocycles. The van der Waals surface area contributed by atoms with Crippen LogP contribution in [0, 0.1) is 11.6 Å². The monoisotopic (exact) mass is 476 g/mol. The van der Waals surface area contributed by atoms with E-state index in [0.29, 0.717) is 17.1 Å². The first-order valence-electron chi connectivity index (χ1n) is 9.17. The molecular weight excluding hydrogens is 462 g/mol. The Balaban J connectivity index is 1.71. The van der Waals surface area contributed by atoms with Crippen molar-refractivity contribution in [3.63, 3.8) is 0 Å². The Bertz CT molecular complexity index is 1260. The van der Waals surface area contributed by atoms with E-state index in [-0.39, 0.29) is 5.28 Å². The van der Waals surface area contributed by atoms with Crippen LogP contribution < -0.4 is 4.72 Å². The number of hydrogen-bond donors (Lipinski definition) is 1. The van der Waals surface area contributed by atoms with Gasteiger partial charge in [0.25, 0.3) is 0 Å². The lowest BCUT2D eigenvalue weighted by Crippen LogP contribution is -2.09. The molecule has 0 amide bonds. The SMILES string of the molecule is CCc1nc(-c2cccc(NS(=O)c3c(F)cccc3F)c2)c(-c2ccnc(Cl)n2)s1. The first kappa shape index (κ1) is 21.5. The third-order valence-corrected chi connectivity index (χ3v) is 6.87. The minimum absolute atomic E-state index is 0.132. The number of rotatable bonds is 6. The van der Waals surface area contributed by atoms with Gasteiger partial charge in [-0.05, 0) is 48.4 Å². The van der Waals surface area contributed by atoms with Gasteiger partial charge in [-0.15, -0.1) is 11.3 Å². The Morgan fingerprint density at radius 2 is 1.84 bits per heavy atom. The lowest BCUT2D eigenvalue weighted by molar-refractivity contribution is 0.535. The topological polar surface area (TPSA) is 67.8 Å². The fourth-order valence-corrected chi connectivity index (χ4v) is 4.97. The van der Waals surface area contributed by atoms with Gasteiger partial charge in [-0.1, -0.05) is 25.1 Å². The Morgan fingerprint density at radius 3 is 2.55 bits per heavy atom. The number of nitrogens with one attached hydrogen (secondary N) is 1. The highest BCUT2D eigenvalue weighted by Crippen LogP contribution is 2.37. The van der Waals surface area contributed by atoms with Crippen molar-refractivity contribution in [2.75, 3.05) is 4.72 Å². The van der Waals surface area contributed by atoms with Crippen LogP contribution in [0.1, 0.15) is 11.9 Å². The van der Waals surface area contributed by atoms with Crippen LogP contribution in [-0.2, 0) is 17.4 Å². The molecule has 2 heterocycles. The summed E-state index contributed by atoms with van der Waals surface area (Å²) in [7, 11) is -2.12. The molecule has 1 atom stereocenters. The fraction of sp³-hybridized carbons (Fsp3) is 0.0952. The second kappa shape index (κ2) is 9.17. The molecule has 4 aromatic rings. The van der Waals surface area contributed by atoms with E-state index < -0.39 is 27.5 Å². The highest BCUT2D eigenvalue weighted by atomic mass is 35.5. The zero-order valence-corrected chi connectivity index (χ0v) is 18.5. The van der Waals surface area contributed by atoms with Gasteiger partial charge < -0.3 is 4.72 Å². The summed E-state index contributed by atoms with van der Waals surface area (Å²) in [5.74, 6) is -1.76. The molecule has 158 valence electrons. The second-order valence-electron chi connectivity index (χ2n) is 6.35. The van der Waals surface area contributed by atoms with Crippen LogP contribution in [0.4, 0.5) is 14.5 Å². The zero-order valence-electron chi connectivity index (χ0n) is 16.1. The third-order valence-electron chi connectivity index (χ3n) is 4.28. The number of halogens is 3. The number of thiazole rings is 1. The minimum atomic E-state index is -2.12. The zero-order chi connectivity index (χ0) is 22.0. The van der Waals surface area contributed by atoms with E-state index in [1.165, 1.54) is 17.4 Å². The molecule has 4 rings (SSSR count). The smallest absolute Gasteiger partial charge is 0.222 e. The highest BCUT2D eigenvalue weighted by molar-refractivity contribution is 7.86. The van der Waals surface area contributed by atoms with Crippen LogP contribution in [0.25, 0.3) is 21.8 Å². The predicted octanol–water partition coefficient (Wildman–Crippen LogP) is 5.90. The van der Waals surface area contributed by atoms with Crippen molar-refractivity contribution < 1.29 is 13.0 Å². The Morgan fingerprint density at radius 1 is 1.10 bits per heavy atom. The molecule has 2 aromatic heterocycles. The van der Waals surface area contributed by atoms with E-state index in [1.54, 1.807) is 30.5 Å². The van der Waals surface area contributed by atoms with Crippen LogP contribution in [0.5, 0.6) is 0 Å². The molecule has 2 aromatic carbocycles. The third kappa shape index (κ3) is 4.63. The first-order chi connectivity index (χ1) is 15.0. The number of aromatic nitrogens is 3. The van der Waals surface area contributed by atoms with Crippen LogP contribution >= 0.6 is 22.9 Å². The van der Waals surface area contributed by atoms with Gasteiger partial charge in [0, 0.05) is 17.4 Å². The van der Waals surface area contributed by atoms with Gasteiger partial charge in [-0.25, -0.2) is 27.9 Å². The van der Waals surface area contributed by atoms with Crippen molar-refractivity contribution in [1.82, 2.24) is 15.0 Å². The molecule has 0 bridgehead atoms. The summed E-state index contributed by atoms with van der Waals surface area (Å²) >= 11 is 7.45. The lowest BCUT2D eigenvalue weighted by Gasteiger charge is -2.09. The molecule has 0 saturated heterocycles. The molecule has 0 radical (unpaired) electrons. The molecule has 0 spiro atoms. The van der Waals surface area contributed by atoms with E-state index in [2.05, 4.69) is 14.7 Å². The van der Waals surface area contributed by atoms with Gasteiger partial charge in [0.15, 0.2) is 11.0 Å². The standard InChI is InChI=1S/C21H15ClF2N4OS2/c1-2-17-27-18(19(30-17)16-9-10-25-21(22)26-16)12-5-3-6-13(11-12)28-31(29)20-14(23)7-4-8-15(20)24/h3-11,28H,2H2,1H3. The summed E-state index contributed by atoms with van der Waals surface area (Å²) < 4.78 is 43.1. The Labute approximate surface area is 188 Å². The van der Waals surface area contributed by atoms with Crippen molar-refractivity contribution in [1.29, 1.82) is 0 Å². The van der Waals surface area contributed by atoms with Gasteiger partial charge in [0.1, 0.15) is 16.5 Å². The number of nitrogens with zero attached hydrogens (tertiary/aromatic N) is 3. The predicted molar refractivity (Wildman–Crippen MR) is 119 cm³/mol. The van der Waals surface area contributed by atoms with Crippen molar-refractivity contribution in [2.24, 2.45) is 0 Å².